The van der Waals surface area contributed by atoms with Crippen molar-refractivity contribution in [3.8, 4) is 11.5 Å². The van der Waals surface area contributed by atoms with Crippen LogP contribution in [0.15, 0.2) is 71.8 Å². The van der Waals surface area contributed by atoms with Crippen LogP contribution in [-0.4, -0.2) is 19.2 Å². The van der Waals surface area contributed by atoms with Crippen molar-refractivity contribution in [3.05, 3.63) is 94.3 Å². The molecule has 7 heteroatoms. The lowest BCUT2D eigenvalue weighted by molar-refractivity contribution is -0.120. The van der Waals surface area contributed by atoms with E-state index in [1.165, 1.54) is 18.3 Å². The van der Waals surface area contributed by atoms with Gasteiger partial charge in [-0.25, -0.2) is 9.82 Å². The Hall–Kier alpha value is -3.38. The molecule has 3 aromatic carbocycles. The summed E-state index contributed by atoms with van der Waals surface area (Å²) in [6.07, 6.45) is 1.62. The minimum absolute atomic E-state index is 0.110. The molecule has 5 nitrogen and oxygen atoms in total. The fraction of sp³-hybridized carbons (Fsp3) is 0.130. The first-order valence-corrected chi connectivity index (χ1v) is 9.53. The standard InChI is InChI=1S/C23H20ClFN2O3/c1-29-22-12-18(6-11-21(22)30-15-17-2-7-19(24)8-3-17)14-26-27-23(28)13-16-4-9-20(25)10-5-16/h2-12,14H,13,15H2,1H3,(H,27,28)/b26-14+. The highest BCUT2D eigenvalue weighted by Crippen LogP contribution is 2.28. The molecule has 3 aromatic rings. The fourth-order valence-electron chi connectivity index (χ4n) is 2.63. The van der Waals surface area contributed by atoms with Crippen molar-refractivity contribution in [2.45, 2.75) is 13.0 Å². The van der Waals surface area contributed by atoms with Crippen LogP contribution in [-0.2, 0) is 17.8 Å². The molecule has 1 amide bonds. The highest BCUT2D eigenvalue weighted by molar-refractivity contribution is 6.30. The number of rotatable bonds is 8. The first-order chi connectivity index (χ1) is 14.5. The van der Waals surface area contributed by atoms with E-state index in [-0.39, 0.29) is 18.1 Å². The number of carbonyl (C=O) groups excluding carboxylic acids is 1. The van der Waals surface area contributed by atoms with Crippen LogP contribution in [0.1, 0.15) is 16.7 Å². The molecule has 0 aliphatic heterocycles. The maximum absolute atomic E-state index is 12.9. The maximum atomic E-state index is 12.9. The molecule has 0 heterocycles. The van der Waals surface area contributed by atoms with Crippen LogP contribution in [0.4, 0.5) is 4.39 Å². The van der Waals surface area contributed by atoms with E-state index < -0.39 is 0 Å². The molecule has 0 fully saturated rings. The first kappa shape index (κ1) is 21.3. The summed E-state index contributed by atoms with van der Waals surface area (Å²) in [5.74, 6) is 0.495. The monoisotopic (exact) mass is 426 g/mol. The van der Waals surface area contributed by atoms with Gasteiger partial charge in [0.25, 0.3) is 0 Å². The zero-order valence-corrected chi connectivity index (χ0v) is 17.0. The topological polar surface area (TPSA) is 59.9 Å². The van der Waals surface area contributed by atoms with Crippen molar-refractivity contribution in [2.24, 2.45) is 5.10 Å². The highest BCUT2D eigenvalue weighted by atomic mass is 35.5. The average molecular weight is 427 g/mol. The molecule has 0 bridgehead atoms. The fourth-order valence-corrected chi connectivity index (χ4v) is 2.76. The molecule has 0 aliphatic rings. The van der Waals surface area contributed by atoms with E-state index in [2.05, 4.69) is 10.5 Å². The number of hydrogen-bond acceptors (Lipinski definition) is 4. The van der Waals surface area contributed by atoms with Gasteiger partial charge in [-0.3, -0.25) is 4.79 Å². The van der Waals surface area contributed by atoms with Crippen molar-refractivity contribution in [2.75, 3.05) is 7.11 Å². The molecule has 0 unspecified atom stereocenters. The van der Waals surface area contributed by atoms with E-state index in [0.29, 0.717) is 28.7 Å². The number of amides is 1. The molecule has 1 N–H and O–H groups in total. The Balaban J connectivity index is 1.56. The van der Waals surface area contributed by atoms with Crippen molar-refractivity contribution >= 4 is 23.7 Å². The normalized spacial score (nSPS) is 10.8. The predicted octanol–water partition coefficient (Wildman–Crippen LogP) is 4.76. The van der Waals surface area contributed by atoms with Gasteiger partial charge in [0.15, 0.2) is 11.5 Å². The average Bonchev–Trinajstić information content (AvgIpc) is 2.75. The van der Waals surface area contributed by atoms with Gasteiger partial charge in [0.2, 0.25) is 5.91 Å². The number of nitrogens with zero attached hydrogens (tertiary/aromatic N) is 1. The lowest BCUT2D eigenvalue weighted by atomic mass is 10.1. The molecule has 0 saturated heterocycles. The van der Waals surface area contributed by atoms with Crippen LogP contribution in [0.2, 0.25) is 5.02 Å². The summed E-state index contributed by atoms with van der Waals surface area (Å²) in [5.41, 5.74) is 4.87. The summed E-state index contributed by atoms with van der Waals surface area (Å²) < 4.78 is 24.1. The second kappa shape index (κ2) is 10.4. The smallest absolute Gasteiger partial charge is 0.244 e. The van der Waals surface area contributed by atoms with Gasteiger partial charge in [0, 0.05) is 5.02 Å². The number of carbonyl (C=O) groups is 1. The number of ether oxygens (including phenoxy) is 2. The quantitative estimate of drug-likeness (QED) is 0.417. The van der Waals surface area contributed by atoms with E-state index in [0.717, 1.165) is 11.1 Å². The number of halogens is 2. The number of hydrazone groups is 1. The molecular weight excluding hydrogens is 407 g/mol. The lowest BCUT2D eigenvalue weighted by Gasteiger charge is -2.11. The van der Waals surface area contributed by atoms with Crippen LogP contribution < -0.4 is 14.9 Å². The van der Waals surface area contributed by atoms with E-state index in [4.69, 9.17) is 21.1 Å². The summed E-state index contributed by atoms with van der Waals surface area (Å²) >= 11 is 5.89. The second-order valence-electron chi connectivity index (χ2n) is 6.42. The highest BCUT2D eigenvalue weighted by Gasteiger charge is 2.06. The van der Waals surface area contributed by atoms with Crippen LogP contribution in [0.25, 0.3) is 0 Å². The van der Waals surface area contributed by atoms with Gasteiger partial charge < -0.3 is 9.47 Å². The largest absolute Gasteiger partial charge is 0.493 e. The zero-order valence-electron chi connectivity index (χ0n) is 16.3. The van der Waals surface area contributed by atoms with E-state index in [1.807, 2.05) is 12.1 Å². The van der Waals surface area contributed by atoms with Crippen molar-refractivity contribution in [3.63, 3.8) is 0 Å². The molecule has 0 spiro atoms. The van der Waals surface area contributed by atoms with Crippen molar-refractivity contribution < 1.29 is 18.7 Å². The Kier molecular flexibility index (Phi) is 7.40. The summed E-state index contributed by atoms with van der Waals surface area (Å²) in [7, 11) is 1.55. The minimum Gasteiger partial charge on any atom is -0.493 e. The van der Waals surface area contributed by atoms with Crippen molar-refractivity contribution in [1.82, 2.24) is 5.43 Å². The third-order valence-electron chi connectivity index (χ3n) is 4.18. The summed E-state index contributed by atoms with van der Waals surface area (Å²) in [5, 5.41) is 4.63. The van der Waals surface area contributed by atoms with Crippen molar-refractivity contribution in [1.29, 1.82) is 0 Å². The van der Waals surface area contributed by atoms with Gasteiger partial charge in [-0.2, -0.15) is 5.10 Å². The van der Waals surface area contributed by atoms with Crippen LogP contribution in [0.3, 0.4) is 0 Å². The maximum Gasteiger partial charge on any atom is 0.244 e. The van der Waals surface area contributed by atoms with Gasteiger partial charge in [0.1, 0.15) is 12.4 Å². The van der Waals surface area contributed by atoms with Crippen LogP contribution in [0.5, 0.6) is 11.5 Å². The molecular formula is C23H20ClFN2O3. The zero-order chi connectivity index (χ0) is 21.3. The van der Waals surface area contributed by atoms with E-state index in [9.17, 15) is 9.18 Å². The Morgan fingerprint density at radius 3 is 2.43 bits per heavy atom. The SMILES string of the molecule is COc1cc(/C=N/NC(=O)Cc2ccc(F)cc2)ccc1OCc1ccc(Cl)cc1. The van der Waals surface area contributed by atoms with Crippen LogP contribution >= 0.6 is 11.6 Å². The van der Waals surface area contributed by atoms with Gasteiger partial charge in [-0.1, -0.05) is 35.9 Å². The number of hydrogen-bond donors (Lipinski definition) is 1. The molecule has 0 radical (unpaired) electrons. The number of benzene rings is 3. The van der Waals surface area contributed by atoms with Gasteiger partial charge >= 0.3 is 0 Å². The molecule has 0 aromatic heterocycles. The molecule has 0 aliphatic carbocycles. The Labute approximate surface area is 179 Å². The second-order valence-corrected chi connectivity index (χ2v) is 6.86. The van der Waals surface area contributed by atoms with Gasteiger partial charge in [0.05, 0.1) is 19.7 Å². The summed E-state index contributed by atoms with van der Waals surface area (Å²) in [6.45, 7) is 0.375. The molecule has 30 heavy (non-hydrogen) atoms. The summed E-state index contributed by atoms with van der Waals surface area (Å²) in [6, 6.07) is 18.5. The molecule has 0 atom stereocenters. The molecule has 3 rings (SSSR count). The Morgan fingerprint density at radius 1 is 1.03 bits per heavy atom. The molecule has 154 valence electrons. The summed E-state index contributed by atoms with van der Waals surface area (Å²) in [4.78, 5) is 11.9. The van der Waals surface area contributed by atoms with Gasteiger partial charge in [-0.05, 0) is 59.2 Å². The third-order valence-corrected chi connectivity index (χ3v) is 4.43. The number of methoxy groups -OCH3 is 1. The van der Waals surface area contributed by atoms with E-state index >= 15 is 0 Å². The Morgan fingerprint density at radius 2 is 1.73 bits per heavy atom. The lowest BCUT2D eigenvalue weighted by Crippen LogP contribution is -2.19. The molecule has 0 saturated carbocycles. The van der Waals surface area contributed by atoms with E-state index in [1.54, 1.807) is 49.6 Å². The first-order valence-electron chi connectivity index (χ1n) is 9.15. The minimum atomic E-state index is -0.341. The Bertz CT molecular complexity index is 1020. The number of nitrogens with one attached hydrogen (secondary N) is 1. The van der Waals surface area contributed by atoms with Gasteiger partial charge in [-0.15, -0.1) is 0 Å². The predicted molar refractivity (Wildman–Crippen MR) is 115 cm³/mol. The third kappa shape index (κ3) is 6.32. The van der Waals surface area contributed by atoms with Crippen LogP contribution in [0, 0.1) is 5.82 Å².